The number of benzene rings is 1. The number of amides is 1. The number of hydroxylamine groups is 1. The molecule has 7 nitrogen and oxygen atoms in total. The molecule has 7 heteroatoms. The van der Waals surface area contributed by atoms with Crippen molar-refractivity contribution in [1.82, 2.24) is 10.5 Å². The molecule has 0 saturated carbocycles. The smallest absolute Gasteiger partial charge is 0.267 e. The van der Waals surface area contributed by atoms with Crippen LogP contribution in [0.1, 0.15) is 31.2 Å². The van der Waals surface area contributed by atoms with Crippen LogP contribution < -0.4 is 15.7 Å². The second kappa shape index (κ2) is 10.2. The molecule has 1 amide bonds. The van der Waals surface area contributed by atoms with E-state index in [9.17, 15) is 4.79 Å². The van der Waals surface area contributed by atoms with Crippen LogP contribution in [0, 0.1) is 0 Å². The van der Waals surface area contributed by atoms with E-state index < -0.39 is 0 Å². The van der Waals surface area contributed by atoms with Crippen molar-refractivity contribution in [3.8, 4) is 0 Å². The van der Waals surface area contributed by atoms with Crippen LogP contribution in [-0.2, 0) is 14.4 Å². The van der Waals surface area contributed by atoms with Crippen LogP contribution in [0.25, 0.3) is 6.08 Å². The Morgan fingerprint density at radius 1 is 1.17 bits per heavy atom. The Labute approximate surface area is 177 Å². The van der Waals surface area contributed by atoms with Crippen LogP contribution in [-0.4, -0.2) is 42.9 Å². The SMILES string of the molecule is O=C(C=Cc1ccc(N[C@@H]2CCN(c3ccccc3)C2)nc1)NOC1CCCCO1. The fourth-order valence-corrected chi connectivity index (χ4v) is 3.68. The summed E-state index contributed by atoms with van der Waals surface area (Å²) in [6, 6.07) is 14.7. The molecule has 0 spiro atoms. The van der Waals surface area contributed by atoms with Crippen LogP contribution in [0.5, 0.6) is 0 Å². The standard InChI is InChI=1S/C23H28N4O3/c28-22(26-30-23-8-4-5-15-29-23)12-10-18-9-11-21(24-16-18)25-19-13-14-27(17-19)20-6-2-1-3-7-20/h1-3,6-7,9-12,16,19,23H,4-5,8,13-15,17H2,(H,24,25)(H,26,28)/t19-,23?/m1/s1. The first-order valence-corrected chi connectivity index (χ1v) is 10.5. The van der Waals surface area contributed by atoms with E-state index in [2.05, 4.69) is 44.9 Å². The number of ether oxygens (including phenoxy) is 1. The summed E-state index contributed by atoms with van der Waals surface area (Å²) >= 11 is 0. The first kappa shape index (κ1) is 20.4. The van der Waals surface area contributed by atoms with Crippen LogP contribution in [0.15, 0.2) is 54.7 Å². The Morgan fingerprint density at radius 3 is 2.83 bits per heavy atom. The van der Waals surface area contributed by atoms with Gasteiger partial charge in [0, 0.05) is 50.1 Å². The minimum Gasteiger partial charge on any atom is -0.369 e. The quantitative estimate of drug-likeness (QED) is 0.541. The Bertz CT molecular complexity index is 835. The van der Waals surface area contributed by atoms with E-state index >= 15 is 0 Å². The maximum Gasteiger partial charge on any atom is 0.267 e. The van der Waals surface area contributed by atoms with Gasteiger partial charge < -0.3 is 15.0 Å². The van der Waals surface area contributed by atoms with E-state index in [1.807, 2.05) is 18.2 Å². The molecule has 1 unspecified atom stereocenters. The van der Waals surface area contributed by atoms with Gasteiger partial charge in [0.05, 0.1) is 0 Å². The van der Waals surface area contributed by atoms with Gasteiger partial charge in [0.25, 0.3) is 5.91 Å². The molecule has 2 aliphatic heterocycles. The van der Waals surface area contributed by atoms with Crippen molar-refractivity contribution in [1.29, 1.82) is 0 Å². The highest BCUT2D eigenvalue weighted by molar-refractivity contribution is 5.90. The van der Waals surface area contributed by atoms with Gasteiger partial charge in [-0.2, -0.15) is 0 Å². The topological polar surface area (TPSA) is 75.7 Å². The third kappa shape index (κ3) is 5.81. The Morgan fingerprint density at radius 2 is 2.07 bits per heavy atom. The average molecular weight is 409 g/mol. The second-order valence-corrected chi connectivity index (χ2v) is 7.60. The van der Waals surface area contributed by atoms with Gasteiger partial charge >= 0.3 is 0 Å². The Balaban J connectivity index is 1.22. The molecule has 2 fully saturated rings. The van der Waals surface area contributed by atoms with Crippen molar-refractivity contribution in [3.05, 3.63) is 60.3 Å². The molecule has 30 heavy (non-hydrogen) atoms. The van der Waals surface area contributed by atoms with Gasteiger partial charge in [0.15, 0.2) is 6.29 Å². The molecule has 1 aromatic heterocycles. The van der Waals surface area contributed by atoms with Gasteiger partial charge in [-0.3, -0.25) is 4.79 Å². The number of pyridine rings is 1. The van der Waals surface area contributed by atoms with Crippen LogP contribution in [0.2, 0.25) is 0 Å². The highest BCUT2D eigenvalue weighted by Crippen LogP contribution is 2.21. The Hall–Kier alpha value is -2.90. The van der Waals surface area contributed by atoms with Crippen molar-refractivity contribution in [2.45, 2.75) is 38.0 Å². The molecular formula is C23H28N4O3. The molecule has 3 heterocycles. The van der Waals surface area contributed by atoms with Crippen LogP contribution in [0.3, 0.4) is 0 Å². The van der Waals surface area contributed by atoms with E-state index in [1.54, 1.807) is 12.3 Å². The first-order chi connectivity index (χ1) is 14.8. The van der Waals surface area contributed by atoms with Crippen molar-refractivity contribution < 1.29 is 14.4 Å². The summed E-state index contributed by atoms with van der Waals surface area (Å²) in [7, 11) is 0. The monoisotopic (exact) mass is 408 g/mol. The van der Waals surface area contributed by atoms with Crippen molar-refractivity contribution in [2.75, 3.05) is 29.9 Å². The molecule has 158 valence electrons. The normalized spacial score (nSPS) is 21.7. The van der Waals surface area contributed by atoms with Gasteiger partial charge in [-0.15, -0.1) is 0 Å². The number of carbonyl (C=O) groups is 1. The highest BCUT2D eigenvalue weighted by atomic mass is 16.8. The number of hydrogen-bond donors (Lipinski definition) is 2. The predicted molar refractivity (Wildman–Crippen MR) is 117 cm³/mol. The lowest BCUT2D eigenvalue weighted by Gasteiger charge is -2.21. The third-order valence-corrected chi connectivity index (χ3v) is 5.30. The number of anilines is 2. The van der Waals surface area contributed by atoms with Crippen LogP contribution >= 0.6 is 0 Å². The fraction of sp³-hybridized carbons (Fsp3) is 0.391. The van der Waals surface area contributed by atoms with E-state index in [1.165, 1.54) is 11.8 Å². The minimum absolute atomic E-state index is 0.321. The van der Waals surface area contributed by atoms with E-state index in [0.29, 0.717) is 12.6 Å². The van der Waals surface area contributed by atoms with Crippen molar-refractivity contribution >= 4 is 23.5 Å². The van der Waals surface area contributed by atoms with E-state index in [-0.39, 0.29) is 12.2 Å². The molecule has 0 aliphatic carbocycles. The molecule has 2 atom stereocenters. The number of para-hydroxylation sites is 1. The molecule has 1 aromatic carbocycles. The summed E-state index contributed by atoms with van der Waals surface area (Å²) in [6.07, 6.45) is 8.50. The molecule has 0 radical (unpaired) electrons. The molecule has 0 bridgehead atoms. The van der Waals surface area contributed by atoms with Gasteiger partial charge in [-0.1, -0.05) is 18.2 Å². The predicted octanol–water partition coefficient (Wildman–Crippen LogP) is 3.36. The molecule has 2 aromatic rings. The molecule has 4 rings (SSSR count). The van der Waals surface area contributed by atoms with Crippen molar-refractivity contribution in [3.63, 3.8) is 0 Å². The van der Waals surface area contributed by atoms with Gasteiger partial charge in [-0.25, -0.2) is 15.3 Å². The van der Waals surface area contributed by atoms with Gasteiger partial charge in [0.2, 0.25) is 0 Å². The summed E-state index contributed by atoms with van der Waals surface area (Å²) in [4.78, 5) is 24.0. The number of nitrogens with zero attached hydrogens (tertiary/aromatic N) is 2. The zero-order chi connectivity index (χ0) is 20.6. The maximum absolute atomic E-state index is 11.9. The lowest BCUT2D eigenvalue weighted by atomic mass is 10.2. The summed E-state index contributed by atoms with van der Waals surface area (Å²) < 4.78 is 5.41. The number of aromatic nitrogens is 1. The summed E-state index contributed by atoms with van der Waals surface area (Å²) in [5.74, 6) is 0.521. The Kier molecular flexibility index (Phi) is 6.95. The zero-order valence-corrected chi connectivity index (χ0v) is 17.0. The maximum atomic E-state index is 11.9. The number of hydrogen-bond acceptors (Lipinski definition) is 6. The summed E-state index contributed by atoms with van der Waals surface area (Å²) in [6.45, 7) is 2.66. The summed E-state index contributed by atoms with van der Waals surface area (Å²) in [5, 5.41) is 3.50. The molecule has 2 aliphatic rings. The van der Waals surface area contributed by atoms with E-state index in [4.69, 9.17) is 9.57 Å². The van der Waals surface area contributed by atoms with Gasteiger partial charge in [-0.05, 0) is 55.2 Å². The fourth-order valence-electron chi connectivity index (χ4n) is 3.68. The first-order valence-electron chi connectivity index (χ1n) is 10.5. The summed E-state index contributed by atoms with van der Waals surface area (Å²) in [5.41, 5.74) is 4.52. The second-order valence-electron chi connectivity index (χ2n) is 7.60. The van der Waals surface area contributed by atoms with Crippen LogP contribution in [0.4, 0.5) is 11.5 Å². The molecular weight excluding hydrogens is 380 g/mol. The van der Waals surface area contributed by atoms with Crippen molar-refractivity contribution in [2.24, 2.45) is 0 Å². The average Bonchev–Trinajstić information content (AvgIpc) is 3.27. The third-order valence-electron chi connectivity index (χ3n) is 5.30. The molecule has 2 saturated heterocycles. The number of carbonyl (C=O) groups excluding carboxylic acids is 1. The van der Waals surface area contributed by atoms with Gasteiger partial charge in [0.1, 0.15) is 5.82 Å². The number of rotatable bonds is 7. The number of nitrogens with one attached hydrogen (secondary N) is 2. The zero-order valence-electron chi connectivity index (χ0n) is 17.0. The minimum atomic E-state index is -0.350. The molecule has 2 N–H and O–H groups in total. The lowest BCUT2D eigenvalue weighted by Crippen LogP contribution is -2.32. The highest BCUT2D eigenvalue weighted by Gasteiger charge is 2.22. The van der Waals surface area contributed by atoms with E-state index in [0.717, 1.165) is 50.2 Å². The lowest BCUT2D eigenvalue weighted by molar-refractivity contribution is -0.198. The largest absolute Gasteiger partial charge is 0.369 e.